The second kappa shape index (κ2) is 6.25. The fourth-order valence-electron chi connectivity index (χ4n) is 1.48. The molecular weight excluding hydrogens is 170 g/mol. The van der Waals surface area contributed by atoms with Crippen LogP contribution in [0.25, 0.3) is 0 Å². The lowest BCUT2D eigenvalue weighted by Crippen LogP contribution is -2.04. The maximum atomic E-state index is 3.20. The first kappa shape index (κ1) is 10.8. The molecule has 0 radical (unpaired) electrons. The van der Waals surface area contributed by atoms with E-state index < -0.39 is 0 Å². The molecule has 0 saturated heterocycles. The highest BCUT2D eigenvalue weighted by Gasteiger charge is 1.91. The van der Waals surface area contributed by atoms with E-state index in [-0.39, 0.29) is 0 Å². The Balaban J connectivity index is 2.38. The molecule has 0 saturated carbocycles. The number of hydrogen-bond donors (Lipinski definition) is 1. The zero-order valence-corrected chi connectivity index (χ0v) is 9.09. The smallest absolute Gasteiger partial charge is 0.00608 e. The molecule has 0 spiro atoms. The van der Waals surface area contributed by atoms with Crippen molar-refractivity contribution in [2.75, 3.05) is 7.05 Å². The highest BCUT2D eigenvalue weighted by atomic mass is 14.8. The molecule has 0 fully saturated rings. The molecule has 1 rings (SSSR count). The summed E-state index contributed by atoms with van der Waals surface area (Å²) in [4.78, 5) is 0. The first-order chi connectivity index (χ1) is 6.86. The third kappa shape index (κ3) is 3.65. The van der Waals surface area contributed by atoms with Crippen LogP contribution in [-0.4, -0.2) is 7.05 Å². The Morgan fingerprint density at radius 2 is 2.00 bits per heavy atom. The van der Waals surface area contributed by atoms with Crippen molar-refractivity contribution < 1.29 is 0 Å². The van der Waals surface area contributed by atoms with E-state index in [4.69, 9.17) is 0 Å². The third-order valence-corrected chi connectivity index (χ3v) is 2.37. The van der Waals surface area contributed by atoms with Gasteiger partial charge in [0.05, 0.1) is 0 Å². The largest absolute Gasteiger partial charge is 0.392 e. The number of aryl methyl sites for hydroxylation is 1. The topological polar surface area (TPSA) is 12.0 Å². The van der Waals surface area contributed by atoms with Crippen molar-refractivity contribution in [3.05, 3.63) is 47.7 Å². The maximum Gasteiger partial charge on any atom is 0.00608 e. The molecule has 1 N–H and O–H groups in total. The van der Waals surface area contributed by atoms with Crippen LogP contribution < -0.4 is 5.32 Å². The van der Waals surface area contributed by atoms with E-state index in [2.05, 4.69) is 48.6 Å². The SMILES string of the molecule is CC/C(=C\CCc1ccccc1)NC. The highest BCUT2D eigenvalue weighted by molar-refractivity contribution is 5.15. The van der Waals surface area contributed by atoms with E-state index in [1.165, 1.54) is 11.3 Å². The second-order valence-corrected chi connectivity index (χ2v) is 3.36. The summed E-state index contributed by atoms with van der Waals surface area (Å²) >= 11 is 0. The van der Waals surface area contributed by atoms with Gasteiger partial charge >= 0.3 is 0 Å². The van der Waals surface area contributed by atoms with Gasteiger partial charge in [0.15, 0.2) is 0 Å². The first-order valence-corrected chi connectivity index (χ1v) is 5.27. The van der Waals surface area contributed by atoms with Gasteiger partial charge in [-0.2, -0.15) is 0 Å². The van der Waals surface area contributed by atoms with E-state index in [1.54, 1.807) is 0 Å². The maximum absolute atomic E-state index is 3.20. The van der Waals surface area contributed by atoms with E-state index >= 15 is 0 Å². The Bertz CT molecular complexity index is 269. The van der Waals surface area contributed by atoms with E-state index in [0.717, 1.165) is 19.3 Å². The van der Waals surface area contributed by atoms with Crippen molar-refractivity contribution in [2.24, 2.45) is 0 Å². The predicted molar refractivity (Wildman–Crippen MR) is 62.2 cm³/mol. The summed E-state index contributed by atoms with van der Waals surface area (Å²) in [5, 5.41) is 3.20. The van der Waals surface area contributed by atoms with Gasteiger partial charge in [-0.25, -0.2) is 0 Å². The number of rotatable bonds is 5. The summed E-state index contributed by atoms with van der Waals surface area (Å²) in [7, 11) is 1.98. The molecule has 76 valence electrons. The summed E-state index contributed by atoms with van der Waals surface area (Å²) in [6.45, 7) is 2.17. The summed E-state index contributed by atoms with van der Waals surface area (Å²) in [6, 6.07) is 10.6. The van der Waals surface area contributed by atoms with Crippen LogP contribution in [0.4, 0.5) is 0 Å². The Morgan fingerprint density at radius 3 is 2.57 bits per heavy atom. The van der Waals surface area contributed by atoms with Crippen molar-refractivity contribution in [3.8, 4) is 0 Å². The van der Waals surface area contributed by atoms with Crippen molar-refractivity contribution >= 4 is 0 Å². The molecular formula is C13H19N. The van der Waals surface area contributed by atoms with Crippen LogP contribution in [0.5, 0.6) is 0 Å². The van der Waals surface area contributed by atoms with Crippen LogP contribution in [0.15, 0.2) is 42.1 Å². The molecule has 1 aromatic rings. The molecule has 0 bridgehead atoms. The summed E-state index contributed by atoms with van der Waals surface area (Å²) in [5.41, 5.74) is 2.75. The Kier molecular flexibility index (Phi) is 4.84. The van der Waals surface area contributed by atoms with Gasteiger partial charge in [-0.1, -0.05) is 43.3 Å². The molecule has 0 aliphatic rings. The fraction of sp³-hybridized carbons (Fsp3) is 0.385. The Labute approximate surface area is 86.8 Å². The molecule has 1 aromatic carbocycles. The van der Waals surface area contributed by atoms with Crippen molar-refractivity contribution in [2.45, 2.75) is 26.2 Å². The second-order valence-electron chi connectivity index (χ2n) is 3.36. The van der Waals surface area contributed by atoms with Gasteiger partial charge in [0.25, 0.3) is 0 Å². The zero-order valence-electron chi connectivity index (χ0n) is 9.09. The van der Waals surface area contributed by atoms with Crippen LogP contribution in [0, 0.1) is 0 Å². The summed E-state index contributed by atoms with van der Waals surface area (Å²) in [5.74, 6) is 0. The van der Waals surface area contributed by atoms with Gasteiger partial charge in [0, 0.05) is 12.7 Å². The predicted octanol–water partition coefficient (Wildman–Crippen LogP) is 3.13. The minimum absolute atomic E-state index is 1.09. The normalized spacial score (nSPS) is 11.4. The fourth-order valence-corrected chi connectivity index (χ4v) is 1.48. The first-order valence-electron chi connectivity index (χ1n) is 5.27. The van der Waals surface area contributed by atoms with Gasteiger partial charge in [-0.05, 0) is 24.8 Å². The molecule has 0 aliphatic carbocycles. The van der Waals surface area contributed by atoms with Crippen LogP contribution in [0.1, 0.15) is 25.3 Å². The lowest BCUT2D eigenvalue weighted by Gasteiger charge is -2.03. The summed E-state index contributed by atoms with van der Waals surface area (Å²) < 4.78 is 0. The van der Waals surface area contributed by atoms with E-state index in [9.17, 15) is 0 Å². The van der Waals surface area contributed by atoms with Gasteiger partial charge in [0.1, 0.15) is 0 Å². The lowest BCUT2D eigenvalue weighted by atomic mass is 10.1. The number of hydrogen-bond acceptors (Lipinski definition) is 1. The number of allylic oxidation sites excluding steroid dienone is 2. The van der Waals surface area contributed by atoms with Gasteiger partial charge in [-0.3, -0.25) is 0 Å². The van der Waals surface area contributed by atoms with Crippen LogP contribution >= 0.6 is 0 Å². The monoisotopic (exact) mass is 189 g/mol. The Morgan fingerprint density at radius 1 is 1.29 bits per heavy atom. The molecule has 0 unspecified atom stereocenters. The quantitative estimate of drug-likeness (QED) is 0.750. The molecule has 1 nitrogen and oxygen atoms in total. The molecule has 14 heavy (non-hydrogen) atoms. The average molecular weight is 189 g/mol. The minimum atomic E-state index is 1.09. The molecule has 0 heterocycles. The minimum Gasteiger partial charge on any atom is -0.392 e. The molecule has 0 atom stereocenters. The van der Waals surface area contributed by atoms with Crippen LogP contribution in [-0.2, 0) is 6.42 Å². The molecule has 1 heteroatoms. The van der Waals surface area contributed by atoms with Crippen molar-refractivity contribution in [1.82, 2.24) is 5.32 Å². The van der Waals surface area contributed by atoms with Gasteiger partial charge in [0.2, 0.25) is 0 Å². The molecule has 0 aliphatic heterocycles. The zero-order chi connectivity index (χ0) is 10.2. The van der Waals surface area contributed by atoms with Crippen LogP contribution in [0.3, 0.4) is 0 Å². The van der Waals surface area contributed by atoms with Gasteiger partial charge in [-0.15, -0.1) is 0 Å². The third-order valence-electron chi connectivity index (χ3n) is 2.37. The van der Waals surface area contributed by atoms with E-state index in [0.29, 0.717) is 0 Å². The van der Waals surface area contributed by atoms with Crippen molar-refractivity contribution in [1.29, 1.82) is 0 Å². The van der Waals surface area contributed by atoms with Gasteiger partial charge < -0.3 is 5.32 Å². The standard InChI is InChI=1S/C13H19N/c1-3-13(14-2)11-7-10-12-8-5-4-6-9-12/h4-6,8-9,11,14H,3,7,10H2,1-2H3/b13-11+. The highest BCUT2D eigenvalue weighted by Crippen LogP contribution is 2.05. The molecule has 0 amide bonds. The number of nitrogens with one attached hydrogen (secondary N) is 1. The Hall–Kier alpha value is -1.24. The van der Waals surface area contributed by atoms with Crippen LogP contribution in [0.2, 0.25) is 0 Å². The summed E-state index contributed by atoms with van der Waals surface area (Å²) in [6.07, 6.45) is 5.62. The van der Waals surface area contributed by atoms with Crippen molar-refractivity contribution in [3.63, 3.8) is 0 Å². The average Bonchev–Trinajstić information content (AvgIpc) is 2.26. The lowest BCUT2D eigenvalue weighted by molar-refractivity contribution is 0.868. The molecule has 0 aromatic heterocycles. The van der Waals surface area contributed by atoms with E-state index in [1.807, 2.05) is 7.05 Å². The number of benzene rings is 1.